The van der Waals surface area contributed by atoms with Crippen LogP contribution in [0.2, 0.25) is 0 Å². The lowest BCUT2D eigenvalue weighted by Gasteiger charge is -2.17. The zero-order chi connectivity index (χ0) is 14.1. The fourth-order valence-electron chi connectivity index (χ4n) is 2.41. The van der Waals surface area contributed by atoms with Crippen LogP contribution in [-0.4, -0.2) is 16.5 Å². The summed E-state index contributed by atoms with van der Waals surface area (Å²) in [6, 6.07) is 3.48. The zero-order valence-electron chi connectivity index (χ0n) is 10.7. The van der Waals surface area contributed by atoms with Gasteiger partial charge in [-0.15, -0.1) is 0 Å². The summed E-state index contributed by atoms with van der Waals surface area (Å²) in [5.74, 6) is -0.526. The first-order valence-corrected chi connectivity index (χ1v) is 6.79. The summed E-state index contributed by atoms with van der Waals surface area (Å²) in [4.78, 5) is 7.55. The Morgan fingerprint density at radius 2 is 1.95 bits per heavy atom. The highest BCUT2D eigenvalue weighted by molar-refractivity contribution is 7.71. The quantitative estimate of drug-likeness (QED) is 0.836. The Balaban J connectivity index is 1.95. The van der Waals surface area contributed by atoms with Gasteiger partial charge in [-0.1, -0.05) is 12.2 Å². The molecule has 0 saturated carbocycles. The van der Waals surface area contributed by atoms with Gasteiger partial charge in [0.15, 0.2) is 0 Å². The van der Waals surface area contributed by atoms with Crippen molar-refractivity contribution in [3.8, 4) is 0 Å². The van der Waals surface area contributed by atoms with E-state index in [0.29, 0.717) is 29.0 Å². The molecule has 0 bridgehead atoms. The molecule has 0 fully saturated rings. The summed E-state index contributed by atoms with van der Waals surface area (Å²) in [6.07, 6.45) is 1.19. The van der Waals surface area contributed by atoms with Crippen LogP contribution in [0.5, 0.6) is 0 Å². The molecule has 0 radical (unpaired) electrons. The van der Waals surface area contributed by atoms with Crippen LogP contribution in [0.25, 0.3) is 0 Å². The first kappa shape index (κ1) is 13.3. The zero-order valence-corrected chi connectivity index (χ0v) is 11.5. The van der Waals surface area contributed by atoms with E-state index in [4.69, 9.17) is 12.2 Å². The molecule has 20 heavy (non-hydrogen) atoms. The van der Waals surface area contributed by atoms with Crippen LogP contribution >= 0.6 is 12.2 Å². The number of aromatic nitrogens is 2. The van der Waals surface area contributed by atoms with E-state index in [2.05, 4.69) is 15.3 Å². The minimum absolute atomic E-state index is 0.332. The summed E-state index contributed by atoms with van der Waals surface area (Å²) in [7, 11) is 0. The van der Waals surface area contributed by atoms with Crippen LogP contribution in [0.1, 0.15) is 22.6 Å². The minimum atomic E-state index is -0.583. The Bertz CT molecular complexity index is 692. The van der Waals surface area contributed by atoms with Crippen molar-refractivity contribution in [3.05, 3.63) is 57.1 Å². The number of H-pyrrole nitrogens is 1. The second-order valence-corrected chi connectivity index (χ2v) is 5.21. The predicted molar refractivity (Wildman–Crippen MR) is 74.0 cm³/mol. The molecule has 0 unspecified atom stereocenters. The number of nitrogens with one attached hydrogen (secondary N) is 2. The van der Waals surface area contributed by atoms with Crippen molar-refractivity contribution in [2.24, 2.45) is 0 Å². The van der Waals surface area contributed by atoms with Crippen molar-refractivity contribution in [1.82, 2.24) is 15.3 Å². The van der Waals surface area contributed by atoms with Crippen LogP contribution in [0.3, 0.4) is 0 Å². The molecular weight excluding hydrogens is 280 g/mol. The monoisotopic (exact) mass is 293 g/mol. The van der Waals surface area contributed by atoms with Gasteiger partial charge in [0.25, 0.3) is 0 Å². The third-order valence-corrected chi connectivity index (χ3v) is 3.64. The third kappa shape index (κ3) is 2.76. The van der Waals surface area contributed by atoms with Crippen molar-refractivity contribution >= 4 is 12.2 Å². The summed E-state index contributed by atoms with van der Waals surface area (Å²) in [5, 5.41) is 3.24. The first-order chi connectivity index (χ1) is 9.61. The lowest BCUT2D eigenvalue weighted by Crippen LogP contribution is -2.26. The van der Waals surface area contributed by atoms with Crippen LogP contribution < -0.4 is 5.32 Å². The number of aromatic amines is 1. The minimum Gasteiger partial charge on any atom is -0.346 e. The molecule has 0 atom stereocenters. The van der Waals surface area contributed by atoms with Gasteiger partial charge < -0.3 is 10.3 Å². The summed E-state index contributed by atoms with van der Waals surface area (Å²) >= 11 is 5.27. The maximum absolute atomic E-state index is 13.2. The SMILES string of the molecule is Fc1cc(F)cc(Cc2nc(=S)c3c([nH]2)CCNC3)c1. The number of halogens is 2. The second kappa shape index (κ2) is 5.38. The van der Waals surface area contributed by atoms with Crippen molar-refractivity contribution in [2.75, 3.05) is 6.54 Å². The Morgan fingerprint density at radius 3 is 2.70 bits per heavy atom. The van der Waals surface area contributed by atoms with Crippen LogP contribution in [0, 0.1) is 16.3 Å². The highest BCUT2D eigenvalue weighted by Crippen LogP contribution is 2.15. The number of hydrogen-bond donors (Lipinski definition) is 2. The van der Waals surface area contributed by atoms with Crippen molar-refractivity contribution in [3.63, 3.8) is 0 Å². The highest BCUT2D eigenvalue weighted by Gasteiger charge is 2.13. The average Bonchev–Trinajstić information content (AvgIpc) is 2.37. The molecule has 2 aromatic rings. The van der Waals surface area contributed by atoms with E-state index in [-0.39, 0.29) is 0 Å². The van der Waals surface area contributed by atoms with Crippen LogP contribution in [0.15, 0.2) is 18.2 Å². The molecule has 3 rings (SSSR count). The van der Waals surface area contributed by atoms with E-state index in [1.807, 2.05) is 0 Å². The molecule has 0 saturated heterocycles. The lowest BCUT2D eigenvalue weighted by molar-refractivity contribution is 0.580. The van der Waals surface area contributed by atoms with E-state index >= 15 is 0 Å². The predicted octanol–water partition coefficient (Wildman–Crippen LogP) is 2.65. The van der Waals surface area contributed by atoms with Gasteiger partial charge in [-0.3, -0.25) is 0 Å². The first-order valence-electron chi connectivity index (χ1n) is 6.38. The van der Waals surface area contributed by atoms with Crippen molar-refractivity contribution in [1.29, 1.82) is 0 Å². The van der Waals surface area contributed by atoms with Gasteiger partial charge in [-0.2, -0.15) is 0 Å². The smallest absolute Gasteiger partial charge is 0.134 e. The average molecular weight is 293 g/mol. The Labute approximate surface area is 120 Å². The van der Waals surface area contributed by atoms with Crippen LogP contribution in [0.4, 0.5) is 8.78 Å². The summed E-state index contributed by atoms with van der Waals surface area (Å²) in [5.41, 5.74) is 2.62. The standard InChI is InChI=1S/C14H13F2N3S/c15-9-3-8(4-10(16)6-9)5-13-18-12-1-2-17-7-11(12)14(20)19-13/h3-4,6,17H,1-2,5,7H2,(H,18,19,20). The highest BCUT2D eigenvalue weighted by atomic mass is 32.1. The van der Waals surface area contributed by atoms with E-state index in [1.165, 1.54) is 12.1 Å². The molecule has 3 nitrogen and oxygen atoms in total. The summed E-state index contributed by atoms with van der Waals surface area (Å²) < 4.78 is 26.9. The Hall–Kier alpha value is -1.66. The molecule has 104 valence electrons. The second-order valence-electron chi connectivity index (χ2n) is 4.83. The maximum Gasteiger partial charge on any atom is 0.134 e. The largest absolute Gasteiger partial charge is 0.346 e. The molecular formula is C14H13F2N3S. The number of nitrogens with zero attached hydrogens (tertiary/aromatic N) is 1. The van der Waals surface area contributed by atoms with Gasteiger partial charge in [-0.05, 0) is 17.7 Å². The van der Waals surface area contributed by atoms with E-state index in [0.717, 1.165) is 30.3 Å². The topological polar surface area (TPSA) is 40.7 Å². The molecule has 2 heterocycles. The van der Waals surface area contributed by atoms with Gasteiger partial charge in [0.2, 0.25) is 0 Å². The Morgan fingerprint density at radius 1 is 1.20 bits per heavy atom. The lowest BCUT2D eigenvalue weighted by atomic mass is 10.1. The van der Waals surface area contributed by atoms with Gasteiger partial charge in [-0.25, -0.2) is 13.8 Å². The van der Waals surface area contributed by atoms with Crippen molar-refractivity contribution < 1.29 is 8.78 Å². The molecule has 0 aliphatic carbocycles. The fraction of sp³-hybridized carbons (Fsp3) is 0.286. The molecule has 0 spiro atoms. The van der Waals surface area contributed by atoms with Gasteiger partial charge in [0, 0.05) is 43.3 Å². The normalized spacial score (nSPS) is 14.1. The molecule has 1 aliphatic heterocycles. The number of fused-ring (bicyclic) bond motifs is 1. The molecule has 1 aliphatic rings. The van der Waals surface area contributed by atoms with Gasteiger partial charge in [0.05, 0.1) is 0 Å². The number of benzene rings is 1. The number of rotatable bonds is 2. The fourth-order valence-corrected chi connectivity index (χ4v) is 2.71. The van der Waals surface area contributed by atoms with E-state index in [9.17, 15) is 8.78 Å². The molecule has 6 heteroatoms. The number of hydrogen-bond acceptors (Lipinski definition) is 3. The van der Waals surface area contributed by atoms with E-state index < -0.39 is 11.6 Å². The molecule has 1 aromatic carbocycles. The molecule has 1 aromatic heterocycles. The van der Waals surface area contributed by atoms with Crippen molar-refractivity contribution in [2.45, 2.75) is 19.4 Å². The van der Waals surface area contributed by atoms with Gasteiger partial charge >= 0.3 is 0 Å². The maximum atomic E-state index is 13.2. The summed E-state index contributed by atoms with van der Waals surface area (Å²) in [6.45, 7) is 1.60. The van der Waals surface area contributed by atoms with Gasteiger partial charge in [0.1, 0.15) is 22.1 Å². The molecule has 2 N–H and O–H groups in total. The third-order valence-electron chi connectivity index (χ3n) is 3.30. The van der Waals surface area contributed by atoms with E-state index in [1.54, 1.807) is 0 Å². The van der Waals surface area contributed by atoms with Crippen LogP contribution in [-0.2, 0) is 19.4 Å². The molecule has 0 amide bonds. The Kier molecular flexibility index (Phi) is 3.58.